The van der Waals surface area contributed by atoms with Crippen LogP contribution in [0.4, 0.5) is 27.1 Å². The molecule has 0 bridgehead atoms. The first-order chi connectivity index (χ1) is 15.6. The van der Waals surface area contributed by atoms with E-state index in [-0.39, 0.29) is 12.8 Å². The lowest BCUT2D eigenvalue weighted by atomic mass is 10.1. The predicted molar refractivity (Wildman–Crippen MR) is 115 cm³/mol. The lowest BCUT2D eigenvalue weighted by Crippen LogP contribution is -2.39. The van der Waals surface area contributed by atoms with Crippen LogP contribution in [0.25, 0.3) is 0 Å². The molecule has 1 fully saturated rings. The average molecular weight is 503 g/mol. The van der Waals surface area contributed by atoms with Crippen molar-refractivity contribution in [1.29, 1.82) is 0 Å². The number of benzene rings is 2. The Morgan fingerprint density at radius 3 is 2.39 bits per heavy atom. The topological polar surface area (TPSA) is 50.3 Å². The van der Waals surface area contributed by atoms with Crippen molar-refractivity contribution in [3.05, 3.63) is 76.3 Å². The second-order valence-corrected chi connectivity index (χ2v) is 10.8. The van der Waals surface area contributed by atoms with Gasteiger partial charge in [0, 0.05) is 24.9 Å². The molecule has 4 rings (SSSR count). The molecule has 11 heteroatoms. The molecule has 1 aromatic heterocycles. The van der Waals surface area contributed by atoms with Gasteiger partial charge >= 0.3 is 6.18 Å². The highest BCUT2D eigenvalue weighted by atomic mass is 32.2. The highest BCUT2D eigenvalue weighted by molar-refractivity contribution is 7.92. The Balaban J connectivity index is 1.44. The number of hydrogen-bond donors (Lipinski definition) is 0. The monoisotopic (exact) mass is 502 g/mol. The smallest absolute Gasteiger partial charge is 0.348 e. The number of sulfone groups is 1. The van der Waals surface area contributed by atoms with E-state index in [0.717, 1.165) is 24.3 Å². The van der Waals surface area contributed by atoms with Crippen LogP contribution in [0.1, 0.15) is 29.7 Å². The summed E-state index contributed by atoms with van der Waals surface area (Å²) >= 11 is 1.34. The quantitative estimate of drug-likeness (QED) is 0.434. The molecule has 1 saturated heterocycles. The van der Waals surface area contributed by atoms with Crippen molar-refractivity contribution < 1.29 is 30.4 Å². The van der Waals surface area contributed by atoms with E-state index in [2.05, 4.69) is 4.98 Å². The van der Waals surface area contributed by atoms with Crippen molar-refractivity contribution in [2.24, 2.45) is 0 Å². The maximum Gasteiger partial charge on any atom is 0.417 e. The van der Waals surface area contributed by atoms with Gasteiger partial charge in [-0.3, -0.25) is 0 Å². The van der Waals surface area contributed by atoms with Crippen LogP contribution in [-0.2, 0) is 22.4 Å². The SMILES string of the molecule is O=S(=O)(c1ccccc1C(F)(F)F)C1CCN(c2nc(Cc3ccc(F)c(F)c3)cs2)CC1. The number of halogens is 5. The minimum Gasteiger partial charge on any atom is -0.348 e. The van der Waals surface area contributed by atoms with E-state index in [0.29, 0.717) is 35.9 Å². The van der Waals surface area contributed by atoms with E-state index < -0.39 is 43.4 Å². The lowest BCUT2D eigenvalue weighted by molar-refractivity contribution is -0.139. The first-order valence-corrected chi connectivity index (χ1v) is 12.5. The largest absolute Gasteiger partial charge is 0.417 e. The number of alkyl halides is 3. The second-order valence-electron chi connectivity index (χ2n) is 7.77. The first-order valence-electron chi connectivity index (χ1n) is 10.1. The Hall–Kier alpha value is -2.53. The summed E-state index contributed by atoms with van der Waals surface area (Å²) in [7, 11) is -4.15. The standard InChI is InChI=1S/C22H19F5N2O2S2/c23-18-6-5-14(12-19(18)24)11-15-13-32-21(28-15)29-9-7-16(8-10-29)33(30,31)20-4-2-1-3-17(20)22(25,26)27/h1-6,12-13,16H,7-11H2. The molecule has 0 saturated carbocycles. The molecular weight excluding hydrogens is 483 g/mol. The van der Waals surface area contributed by atoms with E-state index in [1.165, 1.54) is 29.5 Å². The van der Waals surface area contributed by atoms with Crippen molar-refractivity contribution in [2.45, 2.75) is 35.6 Å². The second kappa shape index (κ2) is 9.02. The molecule has 0 atom stereocenters. The van der Waals surface area contributed by atoms with Gasteiger partial charge in [0.2, 0.25) is 0 Å². The van der Waals surface area contributed by atoms with Gasteiger partial charge in [-0.1, -0.05) is 18.2 Å². The summed E-state index contributed by atoms with van der Waals surface area (Å²) in [6.45, 7) is 0.659. The molecule has 2 aromatic carbocycles. The zero-order valence-corrected chi connectivity index (χ0v) is 18.8. The average Bonchev–Trinajstić information content (AvgIpc) is 3.24. The number of thiazole rings is 1. The summed E-state index contributed by atoms with van der Waals surface area (Å²) in [6, 6.07) is 7.91. The molecule has 0 unspecified atom stereocenters. The Bertz CT molecular complexity index is 1250. The third-order valence-electron chi connectivity index (χ3n) is 5.56. The van der Waals surface area contributed by atoms with Crippen molar-refractivity contribution in [2.75, 3.05) is 18.0 Å². The molecule has 0 amide bonds. The number of aromatic nitrogens is 1. The number of hydrogen-bond acceptors (Lipinski definition) is 5. The van der Waals surface area contributed by atoms with Crippen LogP contribution in [0.2, 0.25) is 0 Å². The molecular formula is C22H19F5N2O2S2. The molecule has 3 aromatic rings. The summed E-state index contributed by atoms with van der Waals surface area (Å²) < 4.78 is 92.4. The molecule has 0 aliphatic carbocycles. The fraction of sp³-hybridized carbons (Fsp3) is 0.318. The Kier molecular flexibility index (Phi) is 6.45. The molecule has 0 radical (unpaired) electrons. The van der Waals surface area contributed by atoms with Crippen LogP contribution >= 0.6 is 11.3 Å². The van der Waals surface area contributed by atoms with Gasteiger partial charge < -0.3 is 4.90 Å². The van der Waals surface area contributed by atoms with E-state index in [1.54, 1.807) is 5.38 Å². The van der Waals surface area contributed by atoms with Crippen LogP contribution in [0, 0.1) is 11.6 Å². The molecule has 1 aliphatic heterocycles. The third-order valence-corrected chi connectivity index (χ3v) is 8.83. The third kappa shape index (κ3) is 5.03. The van der Waals surface area contributed by atoms with E-state index in [1.807, 2.05) is 4.90 Å². The number of piperidine rings is 1. The predicted octanol–water partition coefficient (Wildman–Crippen LogP) is 5.47. The van der Waals surface area contributed by atoms with Crippen LogP contribution < -0.4 is 4.90 Å². The summed E-state index contributed by atoms with van der Waals surface area (Å²) in [5, 5.41) is 1.52. The van der Waals surface area contributed by atoms with Gasteiger partial charge in [-0.25, -0.2) is 22.2 Å². The van der Waals surface area contributed by atoms with Gasteiger partial charge in [-0.2, -0.15) is 13.2 Å². The molecule has 176 valence electrons. The van der Waals surface area contributed by atoms with Crippen LogP contribution in [0.15, 0.2) is 52.7 Å². The maximum atomic E-state index is 13.4. The van der Waals surface area contributed by atoms with Crippen molar-refractivity contribution in [1.82, 2.24) is 4.98 Å². The molecule has 4 nitrogen and oxygen atoms in total. The summed E-state index contributed by atoms with van der Waals surface area (Å²) in [5.74, 6) is -1.85. The number of rotatable bonds is 5. The van der Waals surface area contributed by atoms with Gasteiger partial charge in [0.25, 0.3) is 0 Å². The Morgan fingerprint density at radius 2 is 1.73 bits per heavy atom. The van der Waals surface area contributed by atoms with Gasteiger partial charge in [0.1, 0.15) is 0 Å². The van der Waals surface area contributed by atoms with E-state index in [9.17, 15) is 30.4 Å². The van der Waals surface area contributed by atoms with Gasteiger partial charge in [-0.05, 0) is 42.7 Å². The van der Waals surface area contributed by atoms with Crippen molar-refractivity contribution in [3.8, 4) is 0 Å². The molecule has 33 heavy (non-hydrogen) atoms. The zero-order chi connectivity index (χ0) is 23.8. The van der Waals surface area contributed by atoms with Gasteiger partial charge in [0.15, 0.2) is 26.6 Å². The summed E-state index contributed by atoms with van der Waals surface area (Å²) in [6.07, 6.45) is -4.10. The van der Waals surface area contributed by atoms with Gasteiger partial charge in [0.05, 0.1) is 21.4 Å². The van der Waals surface area contributed by atoms with E-state index in [4.69, 9.17) is 0 Å². The van der Waals surface area contributed by atoms with Crippen molar-refractivity contribution >= 4 is 26.3 Å². The van der Waals surface area contributed by atoms with Crippen LogP contribution in [0.5, 0.6) is 0 Å². The van der Waals surface area contributed by atoms with Crippen molar-refractivity contribution in [3.63, 3.8) is 0 Å². The highest BCUT2D eigenvalue weighted by Crippen LogP contribution is 2.37. The minimum absolute atomic E-state index is 0.173. The number of anilines is 1. The zero-order valence-electron chi connectivity index (χ0n) is 17.1. The summed E-state index contributed by atoms with van der Waals surface area (Å²) in [4.78, 5) is 5.71. The highest BCUT2D eigenvalue weighted by Gasteiger charge is 2.40. The fourth-order valence-corrected chi connectivity index (χ4v) is 6.70. The Morgan fingerprint density at radius 1 is 1.03 bits per heavy atom. The lowest BCUT2D eigenvalue weighted by Gasteiger charge is -2.31. The summed E-state index contributed by atoms with van der Waals surface area (Å²) in [5.41, 5.74) is 0.0861. The first kappa shape index (κ1) is 23.6. The minimum atomic E-state index is -4.75. The fourth-order valence-electron chi connectivity index (χ4n) is 3.87. The Labute approximate surface area is 191 Å². The van der Waals surface area contributed by atoms with Gasteiger partial charge in [-0.15, -0.1) is 11.3 Å². The van der Waals surface area contributed by atoms with Crippen LogP contribution in [-0.4, -0.2) is 31.7 Å². The molecule has 2 heterocycles. The molecule has 0 spiro atoms. The molecule has 1 aliphatic rings. The van der Waals surface area contributed by atoms with Crippen LogP contribution in [0.3, 0.4) is 0 Å². The van der Waals surface area contributed by atoms with E-state index >= 15 is 0 Å². The normalized spacial score (nSPS) is 15.7. The molecule has 0 N–H and O–H groups in total. The number of nitrogens with zero attached hydrogens (tertiary/aromatic N) is 2. The maximum absolute atomic E-state index is 13.4.